The highest BCUT2D eigenvalue weighted by Gasteiger charge is 2.18. The molecule has 154 valence electrons. The topological polar surface area (TPSA) is 111 Å². The van der Waals surface area contributed by atoms with E-state index in [1.807, 2.05) is 12.1 Å². The highest BCUT2D eigenvalue weighted by atomic mass is 35.5. The summed E-state index contributed by atoms with van der Waals surface area (Å²) in [6.07, 6.45) is 2.26. The van der Waals surface area contributed by atoms with Crippen molar-refractivity contribution in [2.75, 3.05) is 0 Å². The Hall–Kier alpha value is -4.52. The number of ketones is 1. The average Bonchev–Trinajstić information content (AvgIpc) is 3.44. The molecule has 6 nitrogen and oxygen atoms in total. The number of benzene rings is 2. The van der Waals surface area contributed by atoms with Gasteiger partial charge in [0.15, 0.2) is 17.3 Å². The lowest BCUT2D eigenvalue weighted by molar-refractivity contribution is 0.101. The van der Waals surface area contributed by atoms with Crippen LogP contribution in [-0.2, 0) is 0 Å². The number of halogens is 1. The second kappa shape index (κ2) is 8.69. The molecular formula is C25H13ClN2O4. The molecule has 2 heterocycles. The van der Waals surface area contributed by atoms with Crippen LogP contribution in [0.25, 0.3) is 27.7 Å². The normalized spacial score (nSPS) is 13.0. The first-order valence-electron chi connectivity index (χ1n) is 9.34. The summed E-state index contributed by atoms with van der Waals surface area (Å²) in [5.41, 5.74) is 0.578. The van der Waals surface area contributed by atoms with Crippen molar-refractivity contribution >= 4 is 45.1 Å². The highest BCUT2D eigenvalue weighted by Crippen LogP contribution is 2.27. The molecule has 0 bridgehead atoms. The molecule has 0 spiro atoms. The standard InChI is InChI=1S/C25H13ClN2O4/c26-19(9-17(13-27)24(29)22-11-15-5-1-3-7-20(15)31-22)10-18(14-28)25(30)23-12-16-6-2-4-8-21(16)32-23/h1-12,29H/b18-10+,19-9-,24-17+. The lowest BCUT2D eigenvalue weighted by Crippen LogP contribution is -2.00. The summed E-state index contributed by atoms with van der Waals surface area (Å²) in [4.78, 5) is 12.7. The lowest BCUT2D eigenvalue weighted by atomic mass is 10.1. The van der Waals surface area contributed by atoms with Crippen LogP contribution in [0.1, 0.15) is 16.3 Å². The van der Waals surface area contributed by atoms with E-state index in [4.69, 9.17) is 20.4 Å². The second-order valence-corrected chi connectivity index (χ2v) is 7.14. The molecule has 4 rings (SSSR count). The number of nitriles is 2. The largest absolute Gasteiger partial charge is 0.503 e. The van der Waals surface area contributed by atoms with Gasteiger partial charge in [-0.3, -0.25) is 4.79 Å². The lowest BCUT2D eigenvalue weighted by Gasteiger charge is -1.98. The van der Waals surface area contributed by atoms with E-state index in [1.54, 1.807) is 54.6 Å². The number of allylic oxidation sites excluding steroid dienone is 5. The molecule has 0 saturated heterocycles. The van der Waals surface area contributed by atoms with Gasteiger partial charge in [0, 0.05) is 15.8 Å². The van der Waals surface area contributed by atoms with Gasteiger partial charge in [0.25, 0.3) is 0 Å². The van der Waals surface area contributed by atoms with Crippen molar-refractivity contribution in [3.8, 4) is 12.1 Å². The number of nitrogens with zero attached hydrogens (tertiary/aromatic N) is 2. The third kappa shape index (κ3) is 4.04. The van der Waals surface area contributed by atoms with Crippen molar-refractivity contribution in [3.05, 3.63) is 101 Å². The molecule has 0 fully saturated rings. The molecule has 0 saturated carbocycles. The summed E-state index contributed by atoms with van der Waals surface area (Å²) < 4.78 is 11.1. The number of aliphatic hydroxyl groups is 1. The fourth-order valence-corrected chi connectivity index (χ4v) is 3.30. The summed E-state index contributed by atoms with van der Waals surface area (Å²) in [7, 11) is 0. The Balaban J connectivity index is 1.67. The van der Waals surface area contributed by atoms with E-state index >= 15 is 0 Å². The number of carbonyl (C=O) groups is 1. The molecular weight excluding hydrogens is 428 g/mol. The first-order chi connectivity index (χ1) is 15.5. The Morgan fingerprint density at radius 1 is 0.875 bits per heavy atom. The highest BCUT2D eigenvalue weighted by molar-refractivity contribution is 6.32. The van der Waals surface area contributed by atoms with Gasteiger partial charge in [-0.1, -0.05) is 48.0 Å². The number of furan rings is 2. The molecule has 0 aliphatic carbocycles. The Morgan fingerprint density at radius 3 is 2.00 bits per heavy atom. The van der Waals surface area contributed by atoms with Gasteiger partial charge in [-0.2, -0.15) is 10.5 Å². The number of rotatable bonds is 5. The van der Waals surface area contributed by atoms with E-state index in [0.717, 1.165) is 22.9 Å². The monoisotopic (exact) mass is 440 g/mol. The number of hydrogen-bond donors (Lipinski definition) is 1. The molecule has 32 heavy (non-hydrogen) atoms. The molecule has 0 aliphatic heterocycles. The molecule has 7 heteroatoms. The predicted octanol–water partition coefficient (Wildman–Crippen LogP) is 6.43. The summed E-state index contributed by atoms with van der Waals surface area (Å²) in [5.74, 6) is -0.993. The number of carbonyl (C=O) groups excluding carboxylic acids is 1. The first-order valence-corrected chi connectivity index (χ1v) is 9.72. The van der Waals surface area contributed by atoms with Gasteiger partial charge in [-0.25, -0.2) is 0 Å². The van der Waals surface area contributed by atoms with Crippen molar-refractivity contribution in [1.82, 2.24) is 0 Å². The smallest absolute Gasteiger partial charge is 0.238 e. The van der Waals surface area contributed by atoms with E-state index in [1.165, 1.54) is 6.07 Å². The van der Waals surface area contributed by atoms with Crippen molar-refractivity contribution in [1.29, 1.82) is 10.5 Å². The van der Waals surface area contributed by atoms with E-state index in [0.29, 0.717) is 11.2 Å². The van der Waals surface area contributed by atoms with Crippen LogP contribution in [0.5, 0.6) is 0 Å². The zero-order valence-electron chi connectivity index (χ0n) is 16.4. The van der Waals surface area contributed by atoms with Crippen molar-refractivity contribution in [3.63, 3.8) is 0 Å². The molecule has 2 aromatic heterocycles. The quantitative estimate of drug-likeness (QED) is 0.126. The number of hydrogen-bond acceptors (Lipinski definition) is 6. The zero-order valence-corrected chi connectivity index (χ0v) is 17.1. The second-order valence-electron chi connectivity index (χ2n) is 6.70. The van der Waals surface area contributed by atoms with Gasteiger partial charge in [-0.15, -0.1) is 0 Å². The van der Waals surface area contributed by atoms with Gasteiger partial charge in [0.2, 0.25) is 5.78 Å². The molecule has 0 amide bonds. The third-order valence-electron chi connectivity index (χ3n) is 4.61. The fraction of sp³-hybridized carbons (Fsp3) is 0. The predicted molar refractivity (Wildman–Crippen MR) is 120 cm³/mol. The number of para-hydroxylation sites is 2. The summed E-state index contributed by atoms with van der Waals surface area (Å²) >= 11 is 6.17. The molecule has 0 unspecified atom stereocenters. The van der Waals surface area contributed by atoms with Crippen LogP contribution in [0.4, 0.5) is 0 Å². The van der Waals surface area contributed by atoms with Gasteiger partial charge >= 0.3 is 0 Å². The summed E-state index contributed by atoms with van der Waals surface area (Å²) in [6.45, 7) is 0. The van der Waals surface area contributed by atoms with Crippen molar-refractivity contribution < 1.29 is 18.7 Å². The van der Waals surface area contributed by atoms with E-state index in [9.17, 15) is 20.4 Å². The molecule has 0 aliphatic rings. The van der Waals surface area contributed by atoms with E-state index < -0.39 is 11.5 Å². The third-order valence-corrected chi connectivity index (χ3v) is 4.83. The minimum Gasteiger partial charge on any atom is -0.503 e. The van der Waals surface area contributed by atoms with Gasteiger partial charge in [-0.05, 0) is 36.4 Å². The van der Waals surface area contributed by atoms with E-state index in [2.05, 4.69) is 0 Å². The van der Waals surface area contributed by atoms with Crippen molar-refractivity contribution in [2.45, 2.75) is 0 Å². The Morgan fingerprint density at radius 2 is 1.44 bits per heavy atom. The molecule has 2 aromatic carbocycles. The number of fused-ring (bicyclic) bond motifs is 2. The Labute approximate surface area is 187 Å². The summed E-state index contributed by atoms with van der Waals surface area (Å²) in [6, 6.07) is 20.9. The minimum atomic E-state index is -0.653. The maximum Gasteiger partial charge on any atom is 0.238 e. The van der Waals surface area contributed by atoms with Crippen LogP contribution in [0.3, 0.4) is 0 Å². The molecule has 4 aromatic rings. The first kappa shape index (κ1) is 20.7. The fourth-order valence-electron chi connectivity index (χ4n) is 3.08. The number of Topliss-reactive ketones (excluding diaryl/α,β-unsaturated/α-hetero) is 1. The maximum atomic E-state index is 12.7. The van der Waals surface area contributed by atoms with Crippen LogP contribution in [0.2, 0.25) is 0 Å². The Bertz CT molecular complexity index is 1470. The maximum absolute atomic E-state index is 12.7. The van der Waals surface area contributed by atoms with Crippen LogP contribution < -0.4 is 0 Å². The van der Waals surface area contributed by atoms with Crippen LogP contribution in [0.15, 0.2) is 97.8 Å². The van der Waals surface area contributed by atoms with Gasteiger partial charge in [0.05, 0.1) is 5.57 Å². The van der Waals surface area contributed by atoms with Gasteiger partial charge < -0.3 is 13.9 Å². The van der Waals surface area contributed by atoms with Crippen molar-refractivity contribution in [2.24, 2.45) is 0 Å². The van der Waals surface area contributed by atoms with Gasteiger partial charge in [0.1, 0.15) is 28.9 Å². The zero-order chi connectivity index (χ0) is 22.7. The van der Waals surface area contributed by atoms with Crippen LogP contribution in [-0.4, -0.2) is 10.9 Å². The van der Waals surface area contributed by atoms with Crippen LogP contribution >= 0.6 is 11.6 Å². The summed E-state index contributed by atoms with van der Waals surface area (Å²) in [5, 5.41) is 30.7. The number of aliphatic hydroxyl groups excluding tert-OH is 1. The average molecular weight is 441 g/mol. The van der Waals surface area contributed by atoms with Crippen LogP contribution in [0, 0.1) is 22.7 Å². The van der Waals surface area contributed by atoms with E-state index in [-0.39, 0.29) is 27.7 Å². The molecule has 0 radical (unpaired) electrons. The SMILES string of the molecule is N#C\C(=C/C(Cl)=C/C(C#N)=C(\O)c1cc2ccccc2o1)C(=O)c1cc2ccccc2o1. The molecule has 1 N–H and O–H groups in total. The molecule has 0 atom stereocenters. The minimum absolute atomic E-state index is 0.00959. The Kier molecular flexibility index (Phi) is 5.63.